The summed E-state index contributed by atoms with van der Waals surface area (Å²) in [5.41, 5.74) is 3.27. The van der Waals surface area contributed by atoms with Gasteiger partial charge in [-0.3, -0.25) is 10.2 Å². The van der Waals surface area contributed by atoms with Gasteiger partial charge in [-0.1, -0.05) is 20.4 Å². The van der Waals surface area contributed by atoms with Gasteiger partial charge in [0.2, 0.25) is 0 Å². The standard InChI is InChI=1S/C10H20N2O/c1-8(2)6-7-12(5)11-10(13)9(3)4/h8H,3,6-7H2,1-2,4-5H3,(H,11,13). The Morgan fingerprint density at radius 3 is 2.46 bits per heavy atom. The Kier molecular flexibility index (Phi) is 5.39. The number of hydrazine groups is 1. The highest BCUT2D eigenvalue weighted by Gasteiger charge is 2.05. The van der Waals surface area contributed by atoms with Gasteiger partial charge in [0.25, 0.3) is 5.91 Å². The Balaban J connectivity index is 3.68. The fraction of sp³-hybridized carbons (Fsp3) is 0.700. The fourth-order valence-electron chi connectivity index (χ4n) is 0.777. The third-order valence-corrected chi connectivity index (χ3v) is 1.72. The molecule has 0 fully saturated rings. The van der Waals surface area contributed by atoms with Crippen LogP contribution >= 0.6 is 0 Å². The van der Waals surface area contributed by atoms with Crippen LogP contribution in [0.4, 0.5) is 0 Å². The van der Waals surface area contributed by atoms with E-state index in [4.69, 9.17) is 0 Å². The molecule has 0 bridgehead atoms. The van der Waals surface area contributed by atoms with Crippen molar-refractivity contribution in [3.63, 3.8) is 0 Å². The highest BCUT2D eigenvalue weighted by Crippen LogP contribution is 1.99. The summed E-state index contributed by atoms with van der Waals surface area (Å²) in [5, 5.41) is 1.80. The van der Waals surface area contributed by atoms with E-state index in [1.54, 1.807) is 11.9 Å². The van der Waals surface area contributed by atoms with Crippen molar-refractivity contribution < 1.29 is 4.79 Å². The van der Waals surface area contributed by atoms with Crippen molar-refractivity contribution in [2.24, 2.45) is 5.92 Å². The molecule has 0 aliphatic heterocycles. The van der Waals surface area contributed by atoms with Gasteiger partial charge in [-0.15, -0.1) is 0 Å². The Morgan fingerprint density at radius 1 is 1.54 bits per heavy atom. The minimum absolute atomic E-state index is 0.105. The summed E-state index contributed by atoms with van der Waals surface area (Å²) in [6.07, 6.45) is 1.08. The smallest absolute Gasteiger partial charge is 0.260 e. The van der Waals surface area contributed by atoms with E-state index in [9.17, 15) is 4.79 Å². The summed E-state index contributed by atoms with van der Waals surface area (Å²) < 4.78 is 0. The van der Waals surface area contributed by atoms with Gasteiger partial charge in [0.15, 0.2) is 0 Å². The zero-order valence-electron chi connectivity index (χ0n) is 9.05. The Labute approximate surface area is 80.8 Å². The maximum absolute atomic E-state index is 11.1. The van der Waals surface area contributed by atoms with E-state index >= 15 is 0 Å². The average Bonchev–Trinajstić information content (AvgIpc) is 2.00. The van der Waals surface area contributed by atoms with Crippen LogP contribution in [0.3, 0.4) is 0 Å². The molecule has 13 heavy (non-hydrogen) atoms. The molecule has 0 aliphatic rings. The zero-order chi connectivity index (χ0) is 10.4. The second-order valence-corrected chi connectivity index (χ2v) is 3.83. The second kappa shape index (κ2) is 5.75. The summed E-state index contributed by atoms with van der Waals surface area (Å²) in [6, 6.07) is 0. The monoisotopic (exact) mass is 184 g/mol. The van der Waals surface area contributed by atoms with Gasteiger partial charge >= 0.3 is 0 Å². The maximum Gasteiger partial charge on any atom is 0.260 e. The molecule has 0 saturated carbocycles. The third-order valence-electron chi connectivity index (χ3n) is 1.72. The van der Waals surface area contributed by atoms with Gasteiger partial charge in [-0.2, -0.15) is 0 Å². The van der Waals surface area contributed by atoms with Crippen LogP contribution in [0.1, 0.15) is 27.2 Å². The van der Waals surface area contributed by atoms with E-state index in [0.29, 0.717) is 11.5 Å². The molecule has 1 amide bonds. The number of amides is 1. The van der Waals surface area contributed by atoms with Crippen LogP contribution in [0.25, 0.3) is 0 Å². The van der Waals surface area contributed by atoms with Crippen molar-refractivity contribution >= 4 is 5.91 Å². The molecule has 0 atom stereocenters. The number of hydrogen-bond acceptors (Lipinski definition) is 2. The number of carbonyl (C=O) groups excluding carboxylic acids is 1. The minimum Gasteiger partial charge on any atom is -0.285 e. The minimum atomic E-state index is -0.105. The van der Waals surface area contributed by atoms with Crippen LogP contribution < -0.4 is 5.43 Å². The summed E-state index contributed by atoms with van der Waals surface area (Å²) in [5.74, 6) is 0.551. The van der Waals surface area contributed by atoms with Gasteiger partial charge in [0, 0.05) is 19.2 Å². The van der Waals surface area contributed by atoms with E-state index in [1.165, 1.54) is 0 Å². The fourth-order valence-corrected chi connectivity index (χ4v) is 0.777. The molecule has 0 saturated heterocycles. The van der Waals surface area contributed by atoms with Crippen LogP contribution in [0, 0.1) is 5.92 Å². The van der Waals surface area contributed by atoms with Gasteiger partial charge < -0.3 is 0 Å². The first-order valence-corrected chi connectivity index (χ1v) is 4.61. The summed E-state index contributed by atoms with van der Waals surface area (Å²) in [6.45, 7) is 10.5. The first-order chi connectivity index (χ1) is 5.93. The number of hydrogen-bond donors (Lipinski definition) is 1. The van der Waals surface area contributed by atoms with Crippen LogP contribution in [0.5, 0.6) is 0 Å². The molecule has 0 rings (SSSR count). The van der Waals surface area contributed by atoms with Crippen molar-refractivity contribution in [3.05, 3.63) is 12.2 Å². The average molecular weight is 184 g/mol. The third kappa shape index (κ3) is 6.34. The molecule has 0 spiro atoms. The first-order valence-electron chi connectivity index (χ1n) is 4.61. The second-order valence-electron chi connectivity index (χ2n) is 3.83. The molecular weight excluding hydrogens is 164 g/mol. The lowest BCUT2D eigenvalue weighted by Gasteiger charge is -2.18. The van der Waals surface area contributed by atoms with Crippen LogP contribution in [0.2, 0.25) is 0 Å². The molecule has 0 aromatic heterocycles. The molecule has 0 aliphatic carbocycles. The molecular formula is C10H20N2O. The molecule has 0 radical (unpaired) electrons. The van der Waals surface area contributed by atoms with Crippen molar-refractivity contribution in [2.75, 3.05) is 13.6 Å². The van der Waals surface area contributed by atoms with E-state index < -0.39 is 0 Å². The number of nitrogens with zero attached hydrogens (tertiary/aromatic N) is 1. The molecule has 0 unspecified atom stereocenters. The van der Waals surface area contributed by atoms with E-state index in [0.717, 1.165) is 13.0 Å². The van der Waals surface area contributed by atoms with E-state index in [1.807, 2.05) is 7.05 Å². The quantitative estimate of drug-likeness (QED) is 0.519. The molecule has 76 valence electrons. The highest BCUT2D eigenvalue weighted by atomic mass is 16.2. The van der Waals surface area contributed by atoms with Crippen molar-refractivity contribution in [3.8, 4) is 0 Å². The number of carbonyl (C=O) groups is 1. The van der Waals surface area contributed by atoms with Crippen molar-refractivity contribution in [1.29, 1.82) is 0 Å². The first kappa shape index (κ1) is 12.2. The SMILES string of the molecule is C=C(C)C(=O)NN(C)CCC(C)C. The van der Waals surface area contributed by atoms with E-state index in [2.05, 4.69) is 25.9 Å². The molecule has 1 N–H and O–H groups in total. The molecule has 3 nitrogen and oxygen atoms in total. The van der Waals surface area contributed by atoms with Gasteiger partial charge in [0.1, 0.15) is 0 Å². The van der Waals surface area contributed by atoms with Gasteiger partial charge in [-0.25, -0.2) is 5.01 Å². The van der Waals surface area contributed by atoms with Crippen LogP contribution in [-0.2, 0) is 4.79 Å². The normalized spacial score (nSPS) is 10.6. The Hall–Kier alpha value is -0.830. The lowest BCUT2D eigenvalue weighted by Crippen LogP contribution is -2.40. The molecule has 0 heterocycles. The Bertz CT molecular complexity index is 187. The highest BCUT2D eigenvalue weighted by molar-refractivity contribution is 5.91. The largest absolute Gasteiger partial charge is 0.285 e. The van der Waals surface area contributed by atoms with E-state index in [-0.39, 0.29) is 5.91 Å². The number of rotatable bonds is 5. The molecule has 0 aromatic rings. The predicted molar refractivity (Wildman–Crippen MR) is 55.0 cm³/mol. The van der Waals surface area contributed by atoms with Crippen LogP contribution in [0.15, 0.2) is 12.2 Å². The summed E-state index contributed by atoms with van der Waals surface area (Å²) >= 11 is 0. The summed E-state index contributed by atoms with van der Waals surface area (Å²) in [7, 11) is 1.86. The van der Waals surface area contributed by atoms with Crippen molar-refractivity contribution in [1.82, 2.24) is 10.4 Å². The maximum atomic E-state index is 11.1. The van der Waals surface area contributed by atoms with Gasteiger partial charge in [-0.05, 0) is 19.3 Å². The lowest BCUT2D eigenvalue weighted by atomic mass is 10.1. The molecule has 0 aromatic carbocycles. The lowest BCUT2D eigenvalue weighted by molar-refractivity contribution is -0.121. The van der Waals surface area contributed by atoms with Crippen molar-refractivity contribution in [2.45, 2.75) is 27.2 Å². The Morgan fingerprint density at radius 2 is 2.08 bits per heavy atom. The number of nitrogens with one attached hydrogen (secondary N) is 1. The van der Waals surface area contributed by atoms with Crippen LogP contribution in [-0.4, -0.2) is 24.5 Å². The summed E-state index contributed by atoms with van der Waals surface area (Å²) in [4.78, 5) is 11.1. The van der Waals surface area contributed by atoms with Gasteiger partial charge in [0.05, 0.1) is 0 Å². The zero-order valence-corrected chi connectivity index (χ0v) is 9.05. The predicted octanol–water partition coefficient (Wildman–Crippen LogP) is 1.57. The topological polar surface area (TPSA) is 32.3 Å². The molecule has 3 heteroatoms.